The maximum absolute atomic E-state index is 15.5. The molecule has 2 fully saturated rings. The molecule has 3 aliphatic heterocycles. The fourth-order valence-electron chi connectivity index (χ4n) is 8.41. The van der Waals surface area contributed by atoms with E-state index < -0.39 is 37.3 Å². The standard InChI is InChI=1S/C42H43N3O6S3/c1-4-26-41-29-42(53-28-25-36(47)31-18-10-6-11-19-31)39(49)43(3)40(2,52-27-24-35(46)30-16-8-5-9-17-30)38(48)44(42)37(41)45(34-23-15-14-22-33(34)41)54(50,51)32-20-12-7-13-21-32/h5-23,37H,4,24-29H2,1-3H3/t37-,40-,41+,42-/m0/s1. The first kappa shape index (κ1) is 37.9. The average Bonchev–Trinajstić information content (AvgIpc) is 3.63. The molecule has 3 aliphatic rings. The van der Waals surface area contributed by atoms with Gasteiger partial charge in [-0.05, 0) is 37.1 Å². The van der Waals surface area contributed by atoms with Crippen LogP contribution in [0.25, 0.3) is 0 Å². The molecule has 4 aromatic carbocycles. The molecule has 9 nitrogen and oxygen atoms in total. The van der Waals surface area contributed by atoms with Gasteiger partial charge in [-0.2, -0.15) is 0 Å². The number of likely N-dealkylation sites (N-methyl/N-ethyl adjacent to an activating group) is 1. The van der Waals surface area contributed by atoms with Crippen LogP contribution in [0.2, 0.25) is 0 Å². The summed E-state index contributed by atoms with van der Waals surface area (Å²) in [5.74, 6) is -0.418. The molecule has 0 aromatic heterocycles. The molecule has 0 bridgehead atoms. The maximum atomic E-state index is 15.5. The van der Waals surface area contributed by atoms with Crippen LogP contribution in [0.5, 0.6) is 0 Å². The van der Waals surface area contributed by atoms with Crippen molar-refractivity contribution in [1.29, 1.82) is 0 Å². The van der Waals surface area contributed by atoms with Crippen molar-refractivity contribution in [2.45, 2.75) is 72.2 Å². The van der Waals surface area contributed by atoms with Crippen LogP contribution in [0, 0.1) is 0 Å². The lowest BCUT2D eigenvalue weighted by molar-refractivity contribution is -0.163. The van der Waals surface area contributed by atoms with Crippen LogP contribution in [0.15, 0.2) is 120 Å². The maximum Gasteiger partial charge on any atom is 0.266 e. The lowest BCUT2D eigenvalue weighted by Gasteiger charge is -2.54. The molecule has 2 saturated heterocycles. The SMILES string of the molecule is CCC[C@]12C[C@]3(SCCC(=O)c4ccccc4)C(=O)N(C)[C@@](C)(SCCC(=O)c4ccccc4)C(=O)N3[C@H]1N(S(=O)(=O)c1ccccc1)c1ccccc12. The van der Waals surface area contributed by atoms with Crippen LogP contribution in [-0.2, 0) is 25.0 Å². The first-order valence-electron chi connectivity index (χ1n) is 18.2. The second kappa shape index (κ2) is 14.7. The van der Waals surface area contributed by atoms with Gasteiger partial charge < -0.3 is 4.90 Å². The number of carbonyl (C=O) groups is 4. The molecule has 2 amide bonds. The zero-order chi connectivity index (χ0) is 38.3. The van der Waals surface area contributed by atoms with Crippen LogP contribution in [-0.4, -0.2) is 76.1 Å². The molecule has 4 atom stereocenters. The van der Waals surface area contributed by atoms with E-state index in [1.54, 1.807) is 110 Å². The Balaban J connectivity index is 1.34. The lowest BCUT2D eigenvalue weighted by atomic mass is 9.74. The van der Waals surface area contributed by atoms with Crippen LogP contribution >= 0.6 is 23.5 Å². The first-order valence-corrected chi connectivity index (χ1v) is 21.6. The van der Waals surface area contributed by atoms with Gasteiger partial charge >= 0.3 is 0 Å². The fourth-order valence-corrected chi connectivity index (χ4v) is 12.9. The monoisotopic (exact) mass is 781 g/mol. The quantitative estimate of drug-likeness (QED) is 0.122. The number of sulfonamides is 1. The molecular formula is C42H43N3O6S3. The highest BCUT2D eigenvalue weighted by atomic mass is 32.2. The van der Waals surface area contributed by atoms with E-state index in [0.29, 0.717) is 29.7 Å². The Morgan fingerprint density at radius 2 is 1.26 bits per heavy atom. The van der Waals surface area contributed by atoms with E-state index in [0.717, 1.165) is 5.56 Å². The number of amides is 2. The second-order valence-electron chi connectivity index (χ2n) is 14.2. The molecule has 0 spiro atoms. The summed E-state index contributed by atoms with van der Waals surface area (Å²) in [7, 11) is -2.64. The number of benzene rings is 4. The number of hydrogen-bond acceptors (Lipinski definition) is 8. The predicted molar refractivity (Wildman–Crippen MR) is 214 cm³/mol. The Morgan fingerprint density at radius 3 is 1.83 bits per heavy atom. The Hall–Kier alpha value is -4.39. The molecule has 0 unspecified atom stereocenters. The zero-order valence-corrected chi connectivity index (χ0v) is 33.0. The third-order valence-electron chi connectivity index (χ3n) is 11.0. The van der Waals surface area contributed by atoms with E-state index in [1.165, 1.54) is 32.7 Å². The summed E-state index contributed by atoms with van der Waals surface area (Å²) in [5.41, 5.74) is 1.45. The van der Waals surface area contributed by atoms with Gasteiger partial charge in [0.05, 0.1) is 10.6 Å². The van der Waals surface area contributed by atoms with Gasteiger partial charge in [0.1, 0.15) is 6.17 Å². The zero-order valence-electron chi connectivity index (χ0n) is 30.5. The first-order chi connectivity index (χ1) is 25.9. The molecular weight excluding hydrogens is 739 g/mol. The van der Waals surface area contributed by atoms with Crippen molar-refractivity contribution in [3.8, 4) is 0 Å². The minimum atomic E-state index is -4.26. The summed E-state index contributed by atoms with van der Waals surface area (Å²) in [5, 5.41) is 0. The van der Waals surface area contributed by atoms with E-state index in [2.05, 4.69) is 0 Å². The van der Waals surface area contributed by atoms with Crippen LogP contribution < -0.4 is 4.31 Å². The summed E-state index contributed by atoms with van der Waals surface area (Å²) in [6, 6.07) is 33.5. The van der Waals surface area contributed by atoms with E-state index in [4.69, 9.17) is 0 Å². The molecule has 0 N–H and O–H groups in total. The number of fused-ring (bicyclic) bond motifs is 5. The molecule has 7 rings (SSSR count). The molecule has 54 heavy (non-hydrogen) atoms. The van der Waals surface area contributed by atoms with Gasteiger partial charge in [0.25, 0.3) is 21.8 Å². The lowest BCUT2D eigenvalue weighted by Crippen LogP contribution is -2.74. The number of anilines is 1. The number of piperazine rings is 1. The number of Topliss-reactive ketones (excluding diaryl/α,β-unsaturated/α-hetero) is 2. The smallest absolute Gasteiger partial charge is 0.266 e. The van der Waals surface area contributed by atoms with E-state index >= 15 is 9.59 Å². The molecule has 4 aromatic rings. The van der Waals surface area contributed by atoms with Crippen molar-refractivity contribution >= 4 is 62.6 Å². The van der Waals surface area contributed by atoms with Crippen molar-refractivity contribution < 1.29 is 27.6 Å². The normalized spacial score (nSPS) is 24.6. The third-order valence-corrected chi connectivity index (χ3v) is 15.6. The van der Waals surface area contributed by atoms with Gasteiger partial charge in [-0.1, -0.05) is 110 Å². The van der Waals surface area contributed by atoms with Gasteiger partial charge in [0.15, 0.2) is 21.3 Å². The Kier molecular flexibility index (Phi) is 10.3. The Bertz CT molecular complexity index is 2190. The third kappa shape index (κ3) is 6.06. The van der Waals surface area contributed by atoms with Crippen molar-refractivity contribution in [2.75, 3.05) is 22.9 Å². The minimum Gasteiger partial charge on any atom is -0.320 e. The van der Waals surface area contributed by atoms with Gasteiger partial charge in [-0.15, -0.1) is 23.5 Å². The van der Waals surface area contributed by atoms with Gasteiger partial charge in [-0.3, -0.25) is 24.1 Å². The molecule has 12 heteroatoms. The molecule has 0 radical (unpaired) electrons. The number of para-hydroxylation sites is 1. The van der Waals surface area contributed by atoms with E-state index in [1.807, 2.05) is 31.2 Å². The fraction of sp³-hybridized carbons (Fsp3) is 0.333. The Labute approximate surface area is 325 Å². The van der Waals surface area contributed by atoms with Gasteiger partial charge in [0, 0.05) is 54.4 Å². The number of rotatable bonds is 14. The number of carbonyl (C=O) groups excluding carboxylic acids is 4. The molecule has 0 saturated carbocycles. The van der Waals surface area contributed by atoms with Crippen LogP contribution in [0.1, 0.15) is 72.2 Å². The molecule has 3 heterocycles. The summed E-state index contributed by atoms with van der Waals surface area (Å²) < 4.78 is 31.2. The minimum absolute atomic E-state index is 0.0774. The highest BCUT2D eigenvalue weighted by Gasteiger charge is 2.75. The van der Waals surface area contributed by atoms with E-state index in [-0.39, 0.29) is 53.1 Å². The van der Waals surface area contributed by atoms with Crippen molar-refractivity contribution in [3.05, 3.63) is 132 Å². The summed E-state index contributed by atoms with van der Waals surface area (Å²) >= 11 is 2.47. The predicted octanol–water partition coefficient (Wildman–Crippen LogP) is 7.39. The van der Waals surface area contributed by atoms with Gasteiger partial charge in [0.2, 0.25) is 0 Å². The number of nitrogens with zero attached hydrogens (tertiary/aromatic N) is 3. The van der Waals surface area contributed by atoms with E-state index in [9.17, 15) is 18.0 Å². The summed E-state index contributed by atoms with van der Waals surface area (Å²) in [6.07, 6.45) is 0.547. The topological polar surface area (TPSA) is 112 Å². The summed E-state index contributed by atoms with van der Waals surface area (Å²) in [4.78, 5) is 57.4. The number of thioether (sulfide) groups is 2. The number of ketones is 2. The molecule has 280 valence electrons. The highest BCUT2D eigenvalue weighted by Crippen LogP contribution is 2.65. The summed E-state index contributed by atoms with van der Waals surface area (Å²) in [6.45, 7) is 3.72. The van der Waals surface area contributed by atoms with Crippen molar-refractivity contribution in [1.82, 2.24) is 9.80 Å². The second-order valence-corrected chi connectivity index (χ2v) is 18.8. The van der Waals surface area contributed by atoms with Gasteiger partial charge in [-0.25, -0.2) is 12.7 Å². The van der Waals surface area contributed by atoms with Crippen molar-refractivity contribution in [2.24, 2.45) is 0 Å². The highest BCUT2D eigenvalue weighted by molar-refractivity contribution is 8.02. The van der Waals surface area contributed by atoms with Crippen LogP contribution in [0.4, 0.5) is 5.69 Å². The van der Waals surface area contributed by atoms with Crippen molar-refractivity contribution in [3.63, 3.8) is 0 Å². The molecule has 0 aliphatic carbocycles. The number of hydrogen-bond donors (Lipinski definition) is 0. The van der Waals surface area contributed by atoms with Crippen LogP contribution in [0.3, 0.4) is 0 Å². The average molecular weight is 782 g/mol. The largest absolute Gasteiger partial charge is 0.320 e. The Morgan fingerprint density at radius 1 is 0.741 bits per heavy atom.